The van der Waals surface area contributed by atoms with Crippen LogP contribution in [0.15, 0.2) is 54.3 Å². The van der Waals surface area contributed by atoms with Crippen LogP contribution in [0.1, 0.15) is 58.4 Å². The van der Waals surface area contributed by atoms with Gasteiger partial charge in [0.25, 0.3) is 0 Å². The molecule has 3 aliphatic rings. The summed E-state index contributed by atoms with van der Waals surface area (Å²) in [6, 6.07) is 10.6. The van der Waals surface area contributed by atoms with Gasteiger partial charge in [-0.15, -0.1) is 0 Å². The number of methoxy groups -OCH3 is 1. The minimum atomic E-state index is -0.820. The van der Waals surface area contributed by atoms with Gasteiger partial charge in [0.1, 0.15) is 6.10 Å². The Morgan fingerprint density at radius 2 is 1.91 bits per heavy atom. The topological polar surface area (TPSA) is 55.8 Å². The Bertz CT molecular complexity index is 919. The monoisotopic (exact) mass is 437 g/mol. The summed E-state index contributed by atoms with van der Waals surface area (Å²) in [7, 11) is 1.37. The Hall–Kier alpha value is -2.56. The van der Waals surface area contributed by atoms with Gasteiger partial charge in [0.2, 0.25) is 0 Å². The first-order valence-electron chi connectivity index (χ1n) is 11.8. The highest BCUT2D eigenvalue weighted by Crippen LogP contribution is 2.45. The van der Waals surface area contributed by atoms with Crippen LogP contribution in [0.4, 0.5) is 0 Å². The summed E-state index contributed by atoms with van der Waals surface area (Å²) < 4.78 is 11.2. The van der Waals surface area contributed by atoms with Crippen molar-refractivity contribution in [3.05, 3.63) is 59.8 Å². The van der Waals surface area contributed by atoms with Crippen LogP contribution in [0.5, 0.6) is 0 Å². The molecule has 0 radical (unpaired) electrons. The van der Waals surface area contributed by atoms with Crippen molar-refractivity contribution in [1.82, 2.24) is 4.90 Å². The van der Waals surface area contributed by atoms with Gasteiger partial charge in [0.05, 0.1) is 12.7 Å². The van der Waals surface area contributed by atoms with Crippen LogP contribution in [0.2, 0.25) is 0 Å². The zero-order valence-electron chi connectivity index (χ0n) is 19.7. The largest absolute Gasteiger partial charge is 0.465 e. The molecule has 172 valence electrons. The molecule has 1 saturated carbocycles. The van der Waals surface area contributed by atoms with E-state index in [0.29, 0.717) is 17.9 Å². The lowest BCUT2D eigenvalue weighted by molar-refractivity contribution is -0.165. The van der Waals surface area contributed by atoms with Crippen molar-refractivity contribution in [1.29, 1.82) is 0 Å². The smallest absolute Gasteiger partial charge is 0.339 e. The molecule has 0 bridgehead atoms. The molecule has 4 atom stereocenters. The molecule has 0 N–H and O–H groups in total. The number of esters is 2. The molecule has 1 aromatic rings. The summed E-state index contributed by atoms with van der Waals surface area (Å²) in [5, 5.41) is 0. The van der Waals surface area contributed by atoms with Gasteiger partial charge in [0, 0.05) is 18.7 Å². The van der Waals surface area contributed by atoms with Crippen molar-refractivity contribution in [3.63, 3.8) is 0 Å². The number of ether oxygens (including phenoxy) is 2. The quantitative estimate of drug-likeness (QED) is 0.621. The number of fused-ring (bicyclic) bond motifs is 1. The first-order chi connectivity index (χ1) is 15.3. The van der Waals surface area contributed by atoms with Gasteiger partial charge in [-0.05, 0) is 54.7 Å². The summed E-state index contributed by atoms with van der Waals surface area (Å²) in [4.78, 5) is 27.6. The Labute approximate surface area is 191 Å². The molecule has 2 heterocycles. The molecule has 0 aromatic heterocycles. The van der Waals surface area contributed by atoms with Crippen molar-refractivity contribution < 1.29 is 19.1 Å². The van der Waals surface area contributed by atoms with Crippen molar-refractivity contribution in [2.24, 2.45) is 11.8 Å². The fourth-order valence-corrected chi connectivity index (χ4v) is 5.79. The number of benzene rings is 1. The second-order valence-electron chi connectivity index (χ2n) is 10.2. The van der Waals surface area contributed by atoms with E-state index in [1.54, 1.807) is 12.3 Å². The van der Waals surface area contributed by atoms with Crippen molar-refractivity contribution >= 4 is 11.9 Å². The second kappa shape index (κ2) is 8.76. The summed E-state index contributed by atoms with van der Waals surface area (Å²) in [5.41, 5.74) is 0.830. The van der Waals surface area contributed by atoms with Gasteiger partial charge in [0.15, 0.2) is 5.54 Å². The molecule has 4 rings (SSSR count). The highest BCUT2D eigenvalue weighted by atomic mass is 16.5. The molecule has 0 amide bonds. The molecule has 1 aromatic carbocycles. The predicted molar refractivity (Wildman–Crippen MR) is 124 cm³/mol. The van der Waals surface area contributed by atoms with E-state index in [2.05, 4.69) is 45.0 Å². The summed E-state index contributed by atoms with van der Waals surface area (Å²) in [5.74, 6) is 0.200. The number of carbonyl (C=O) groups is 2. The summed E-state index contributed by atoms with van der Waals surface area (Å²) in [6.45, 7) is 7.52. The third-order valence-corrected chi connectivity index (χ3v) is 7.83. The maximum absolute atomic E-state index is 13.7. The van der Waals surface area contributed by atoms with Gasteiger partial charge in [-0.2, -0.15) is 0 Å². The molecule has 5 nitrogen and oxygen atoms in total. The molecular weight excluding hydrogens is 402 g/mol. The fourth-order valence-electron chi connectivity index (χ4n) is 5.79. The number of hydrogen-bond donors (Lipinski definition) is 0. The van der Waals surface area contributed by atoms with Gasteiger partial charge >= 0.3 is 11.9 Å². The number of hydrogen-bond acceptors (Lipinski definition) is 5. The van der Waals surface area contributed by atoms with Gasteiger partial charge in [-0.3, -0.25) is 0 Å². The molecule has 1 saturated heterocycles. The van der Waals surface area contributed by atoms with Crippen molar-refractivity contribution in [3.8, 4) is 0 Å². The minimum absolute atomic E-state index is 0.0975. The maximum atomic E-state index is 13.7. The third-order valence-electron chi connectivity index (χ3n) is 7.83. The van der Waals surface area contributed by atoms with E-state index in [-0.39, 0.29) is 29.4 Å². The zero-order valence-corrected chi connectivity index (χ0v) is 19.7. The van der Waals surface area contributed by atoms with Crippen LogP contribution in [0.3, 0.4) is 0 Å². The normalized spacial score (nSPS) is 29.8. The molecule has 5 heteroatoms. The molecule has 32 heavy (non-hydrogen) atoms. The SMILES string of the molecule is COC(=O)C1=CN2CCC[C@]2(C(=O)O[C@@H]2C[C@H](C)CC[C@H]2C(C)(C)c2ccccc2)C=C1. The van der Waals surface area contributed by atoms with Crippen LogP contribution in [-0.2, 0) is 24.5 Å². The lowest BCUT2D eigenvalue weighted by Gasteiger charge is -2.45. The maximum Gasteiger partial charge on any atom is 0.339 e. The first kappa shape index (κ1) is 22.6. The van der Waals surface area contributed by atoms with Crippen molar-refractivity contribution in [2.45, 2.75) is 69.9 Å². The van der Waals surface area contributed by atoms with Crippen LogP contribution < -0.4 is 0 Å². The van der Waals surface area contributed by atoms with E-state index in [1.807, 2.05) is 17.0 Å². The molecule has 2 aliphatic heterocycles. The molecule has 1 aliphatic carbocycles. The third kappa shape index (κ3) is 3.98. The molecular formula is C27H35NO4. The van der Waals surface area contributed by atoms with E-state index in [0.717, 1.165) is 32.2 Å². The molecule has 0 spiro atoms. The number of rotatable bonds is 5. The van der Waals surface area contributed by atoms with Gasteiger partial charge in [-0.25, -0.2) is 9.59 Å². The second-order valence-corrected chi connectivity index (χ2v) is 10.2. The van der Waals surface area contributed by atoms with Gasteiger partial charge in [-0.1, -0.05) is 57.5 Å². The van der Waals surface area contributed by atoms with E-state index in [9.17, 15) is 9.59 Å². The van der Waals surface area contributed by atoms with Crippen LogP contribution in [-0.4, -0.2) is 42.1 Å². The number of carbonyl (C=O) groups excluding carboxylic acids is 2. The Morgan fingerprint density at radius 1 is 1.16 bits per heavy atom. The average molecular weight is 438 g/mol. The summed E-state index contributed by atoms with van der Waals surface area (Å²) in [6.07, 6.45) is 9.84. The highest BCUT2D eigenvalue weighted by Gasteiger charge is 2.50. The van der Waals surface area contributed by atoms with E-state index >= 15 is 0 Å². The fraction of sp³-hybridized carbons (Fsp3) is 0.556. The molecule has 2 fully saturated rings. The Kier molecular flexibility index (Phi) is 6.19. The Morgan fingerprint density at radius 3 is 2.62 bits per heavy atom. The van der Waals surface area contributed by atoms with E-state index in [4.69, 9.17) is 9.47 Å². The average Bonchev–Trinajstić information content (AvgIpc) is 3.23. The van der Waals surface area contributed by atoms with E-state index < -0.39 is 5.54 Å². The molecule has 0 unspecified atom stereocenters. The zero-order chi connectivity index (χ0) is 22.9. The summed E-state index contributed by atoms with van der Waals surface area (Å²) >= 11 is 0. The lowest BCUT2D eigenvalue weighted by Crippen LogP contribution is -2.52. The predicted octanol–water partition coefficient (Wildman–Crippen LogP) is 4.77. The number of nitrogens with zero attached hydrogens (tertiary/aromatic N) is 1. The van der Waals surface area contributed by atoms with E-state index in [1.165, 1.54) is 12.7 Å². The first-order valence-corrected chi connectivity index (χ1v) is 11.8. The lowest BCUT2D eigenvalue weighted by atomic mass is 9.64. The minimum Gasteiger partial charge on any atom is -0.465 e. The van der Waals surface area contributed by atoms with Crippen LogP contribution in [0.25, 0.3) is 0 Å². The van der Waals surface area contributed by atoms with Gasteiger partial charge < -0.3 is 14.4 Å². The van der Waals surface area contributed by atoms with Crippen LogP contribution in [0, 0.1) is 11.8 Å². The van der Waals surface area contributed by atoms with Crippen molar-refractivity contribution in [2.75, 3.05) is 13.7 Å². The standard InChI is InChI=1S/C27H35NO4/c1-19-11-12-22(26(2,3)21-9-6-5-7-10-21)23(17-19)32-25(30)27-14-8-16-28(27)18-20(13-15-27)24(29)31-4/h5-7,9-10,13,15,18-19,22-23H,8,11-12,14,16-17H2,1-4H3/t19-,22-,23-,27-/m1/s1. The van der Waals surface area contributed by atoms with Crippen LogP contribution >= 0.6 is 0 Å². The Balaban J connectivity index is 1.57. The highest BCUT2D eigenvalue weighted by molar-refractivity contribution is 5.93.